The minimum atomic E-state index is -0.539. The first-order chi connectivity index (χ1) is 14.1. The SMILES string of the molecule is COCCCNC(C(=O)Nc1ccc(/C(C=N)=C/N)cc1)c1cccc(OC)c1. The summed E-state index contributed by atoms with van der Waals surface area (Å²) in [5.41, 5.74) is 8.41. The van der Waals surface area contributed by atoms with Crippen LogP contribution in [0.25, 0.3) is 5.57 Å². The molecule has 0 saturated carbocycles. The molecule has 29 heavy (non-hydrogen) atoms. The maximum absolute atomic E-state index is 13.0. The number of hydrogen-bond acceptors (Lipinski definition) is 6. The molecule has 1 amide bonds. The van der Waals surface area contributed by atoms with Crippen molar-refractivity contribution < 1.29 is 14.3 Å². The number of anilines is 1. The Morgan fingerprint density at radius 3 is 2.59 bits per heavy atom. The van der Waals surface area contributed by atoms with Crippen LogP contribution in [0, 0.1) is 5.41 Å². The van der Waals surface area contributed by atoms with Crippen LogP contribution in [-0.4, -0.2) is 39.5 Å². The number of amides is 1. The molecule has 7 nitrogen and oxygen atoms in total. The van der Waals surface area contributed by atoms with Crippen molar-refractivity contribution in [3.63, 3.8) is 0 Å². The highest BCUT2D eigenvalue weighted by Gasteiger charge is 2.20. The molecule has 2 aromatic rings. The number of rotatable bonds is 11. The van der Waals surface area contributed by atoms with Gasteiger partial charge in [-0.25, -0.2) is 0 Å². The molecule has 2 aromatic carbocycles. The monoisotopic (exact) mass is 396 g/mol. The van der Waals surface area contributed by atoms with E-state index in [0.717, 1.165) is 17.5 Å². The molecule has 0 bridgehead atoms. The fourth-order valence-electron chi connectivity index (χ4n) is 2.83. The summed E-state index contributed by atoms with van der Waals surface area (Å²) < 4.78 is 10.4. The molecular formula is C22H28N4O3. The summed E-state index contributed by atoms with van der Waals surface area (Å²) in [6, 6.07) is 14.1. The molecule has 1 unspecified atom stereocenters. The summed E-state index contributed by atoms with van der Waals surface area (Å²) in [5, 5.41) is 13.6. The zero-order valence-corrected chi connectivity index (χ0v) is 16.8. The molecule has 154 valence electrons. The lowest BCUT2D eigenvalue weighted by Crippen LogP contribution is -2.34. The Kier molecular flexibility index (Phi) is 8.88. The van der Waals surface area contributed by atoms with Gasteiger partial charge in [-0.15, -0.1) is 0 Å². The molecule has 0 aliphatic rings. The second-order valence-corrected chi connectivity index (χ2v) is 6.34. The van der Waals surface area contributed by atoms with E-state index in [0.29, 0.717) is 30.2 Å². The number of nitrogens with one attached hydrogen (secondary N) is 3. The maximum atomic E-state index is 13.0. The molecule has 1 atom stereocenters. The average molecular weight is 396 g/mol. The van der Waals surface area contributed by atoms with E-state index in [9.17, 15) is 4.79 Å². The Labute approximate surface area is 171 Å². The van der Waals surface area contributed by atoms with Gasteiger partial charge in [-0.1, -0.05) is 24.3 Å². The predicted molar refractivity (Wildman–Crippen MR) is 116 cm³/mol. The van der Waals surface area contributed by atoms with E-state index in [1.165, 1.54) is 12.4 Å². The standard InChI is InChI=1S/C22H28N4O3/c1-28-12-4-11-25-21(17-5-3-6-20(13-17)29-2)22(27)26-19-9-7-16(8-10-19)18(14-23)15-24/h3,5-10,13-15,21,23,25H,4,11-12,24H2,1-2H3,(H,26,27)/b18-15+,23-14?. The second-order valence-electron chi connectivity index (χ2n) is 6.34. The lowest BCUT2D eigenvalue weighted by molar-refractivity contribution is -0.118. The van der Waals surface area contributed by atoms with Crippen LogP contribution >= 0.6 is 0 Å². The number of allylic oxidation sites excluding steroid dienone is 1. The molecule has 0 spiro atoms. The van der Waals surface area contributed by atoms with E-state index in [-0.39, 0.29) is 5.91 Å². The van der Waals surface area contributed by atoms with Crippen molar-refractivity contribution in [2.75, 3.05) is 32.7 Å². The average Bonchev–Trinajstić information content (AvgIpc) is 2.75. The van der Waals surface area contributed by atoms with Crippen LogP contribution in [0.3, 0.4) is 0 Å². The zero-order valence-electron chi connectivity index (χ0n) is 16.8. The Bertz CT molecular complexity index is 834. The van der Waals surface area contributed by atoms with Crippen LogP contribution in [0.1, 0.15) is 23.6 Å². The summed E-state index contributed by atoms with van der Waals surface area (Å²) in [5.74, 6) is 0.515. The molecule has 0 aliphatic heterocycles. The number of carbonyl (C=O) groups excluding carboxylic acids is 1. The van der Waals surface area contributed by atoms with Crippen LogP contribution < -0.4 is 21.1 Å². The van der Waals surface area contributed by atoms with Crippen molar-refractivity contribution in [1.82, 2.24) is 5.32 Å². The first-order valence-corrected chi connectivity index (χ1v) is 9.33. The van der Waals surface area contributed by atoms with Gasteiger partial charge in [-0.3, -0.25) is 4.79 Å². The van der Waals surface area contributed by atoms with Crippen molar-refractivity contribution in [3.8, 4) is 5.75 Å². The normalized spacial score (nSPS) is 12.3. The number of nitrogens with two attached hydrogens (primary N) is 1. The molecule has 0 heterocycles. The Morgan fingerprint density at radius 2 is 1.97 bits per heavy atom. The van der Waals surface area contributed by atoms with Gasteiger partial charge in [-0.2, -0.15) is 0 Å². The summed E-state index contributed by atoms with van der Waals surface area (Å²) in [6.45, 7) is 1.25. The highest BCUT2D eigenvalue weighted by Crippen LogP contribution is 2.22. The third-order valence-corrected chi connectivity index (χ3v) is 4.38. The van der Waals surface area contributed by atoms with E-state index in [2.05, 4.69) is 10.6 Å². The number of carbonyl (C=O) groups is 1. The highest BCUT2D eigenvalue weighted by atomic mass is 16.5. The first kappa shape index (κ1) is 22.1. The number of methoxy groups -OCH3 is 2. The highest BCUT2D eigenvalue weighted by molar-refractivity contribution is 6.08. The third kappa shape index (κ3) is 6.44. The van der Waals surface area contributed by atoms with Gasteiger partial charge in [0.15, 0.2) is 0 Å². The van der Waals surface area contributed by atoms with Crippen LogP contribution in [0.5, 0.6) is 5.75 Å². The van der Waals surface area contributed by atoms with Crippen molar-refractivity contribution in [2.24, 2.45) is 5.73 Å². The molecule has 0 fully saturated rings. The molecule has 0 aromatic heterocycles. The van der Waals surface area contributed by atoms with Gasteiger partial charge in [0.1, 0.15) is 11.8 Å². The van der Waals surface area contributed by atoms with Crippen LogP contribution in [0.2, 0.25) is 0 Å². The maximum Gasteiger partial charge on any atom is 0.246 e. The number of ether oxygens (including phenoxy) is 2. The van der Waals surface area contributed by atoms with E-state index < -0.39 is 6.04 Å². The summed E-state index contributed by atoms with van der Waals surface area (Å²) >= 11 is 0. The summed E-state index contributed by atoms with van der Waals surface area (Å²) in [4.78, 5) is 13.0. The van der Waals surface area contributed by atoms with Gasteiger partial charge in [0, 0.05) is 37.4 Å². The van der Waals surface area contributed by atoms with Crippen molar-refractivity contribution in [2.45, 2.75) is 12.5 Å². The van der Waals surface area contributed by atoms with E-state index >= 15 is 0 Å². The van der Waals surface area contributed by atoms with Crippen molar-refractivity contribution >= 4 is 23.4 Å². The van der Waals surface area contributed by atoms with E-state index in [1.54, 1.807) is 26.4 Å². The predicted octanol–water partition coefficient (Wildman–Crippen LogP) is 2.95. The lowest BCUT2D eigenvalue weighted by Gasteiger charge is -2.19. The number of benzene rings is 2. The topological polar surface area (TPSA) is 109 Å². The summed E-state index contributed by atoms with van der Waals surface area (Å²) in [6.07, 6.45) is 3.36. The first-order valence-electron chi connectivity index (χ1n) is 9.33. The van der Waals surface area contributed by atoms with E-state index in [4.69, 9.17) is 20.6 Å². The van der Waals surface area contributed by atoms with E-state index in [1.807, 2.05) is 36.4 Å². The minimum Gasteiger partial charge on any atom is -0.497 e. The molecule has 0 radical (unpaired) electrons. The van der Waals surface area contributed by atoms with Gasteiger partial charge in [0.25, 0.3) is 0 Å². The molecule has 0 saturated heterocycles. The molecule has 0 aliphatic carbocycles. The van der Waals surface area contributed by atoms with Crippen LogP contribution in [0.4, 0.5) is 5.69 Å². The van der Waals surface area contributed by atoms with Gasteiger partial charge < -0.3 is 31.3 Å². The molecule has 2 rings (SSSR count). The van der Waals surface area contributed by atoms with Gasteiger partial charge in [0.2, 0.25) is 5.91 Å². The largest absolute Gasteiger partial charge is 0.497 e. The summed E-state index contributed by atoms with van der Waals surface area (Å²) in [7, 11) is 3.25. The third-order valence-electron chi connectivity index (χ3n) is 4.38. The van der Waals surface area contributed by atoms with Gasteiger partial charge in [0.05, 0.1) is 7.11 Å². The van der Waals surface area contributed by atoms with Crippen LogP contribution in [-0.2, 0) is 9.53 Å². The van der Waals surface area contributed by atoms with Gasteiger partial charge >= 0.3 is 0 Å². The molecule has 5 N–H and O–H groups in total. The molecular weight excluding hydrogens is 368 g/mol. The second kappa shape index (κ2) is 11.6. The Morgan fingerprint density at radius 1 is 1.21 bits per heavy atom. The Hall–Kier alpha value is -3.16. The Balaban J connectivity index is 2.16. The smallest absolute Gasteiger partial charge is 0.246 e. The fourth-order valence-corrected chi connectivity index (χ4v) is 2.83. The minimum absolute atomic E-state index is 0.176. The fraction of sp³-hybridized carbons (Fsp3) is 0.273. The number of hydrogen-bond donors (Lipinski definition) is 4. The van der Waals surface area contributed by atoms with Gasteiger partial charge in [-0.05, 0) is 48.4 Å². The van der Waals surface area contributed by atoms with Crippen LogP contribution in [0.15, 0.2) is 54.7 Å². The molecule has 7 heteroatoms. The zero-order chi connectivity index (χ0) is 21.1. The van der Waals surface area contributed by atoms with Crippen molar-refractivity contribution in [1.29, 1.82) is 5.41 Å². The lowest BCUT2D eigenvalue weighted by atomic mass is 10.0. The van der Waals surface area contributed by atoms with Crippen molar-refractivity contribution in [3.05, 3.63) is 65.9 Å². The quantitative estimate of drug-likeness (QED) is 0.345.